The van der Waals surface area contributed by atoms with Gasteiger partial charge in [-0.3, -0.25) is 20.4 Å². The number of hydrogen-bond acceptors (Lipinski definition) is 3. The van der Waals surface area contributed by atoms with Gasteiger partial charge in [-0.25, -0.2) is 0 Å². The van der Waals surface area contributed by atoms with E-state index >= 15 is 0 Å². The van der Waals surface area contributed by atoms with Crippen molar-refractivity contribution in [2.24, 2.45) is 5.92 Å². The van der Waals surface area contributed by atoms with Crippen molar-refractivity contribution >= 4 is 40.7 Å². The van der Waals surface area contributed by atoms with Gasteiger partial charge in [0.15, 0.2) is 5.11 Å². The van der Waals surface area contributed by atoms with Crippen molar-refractivity contribution in [3.05, 3.63) is 93.2 Å². The van der Waals surface area contributed by atoms with Gasteiger partial charge in [0.25, 0.3) is 11.8 Å². The molecular formula is C25H24ClF3N4O2S. The smallest absolute Gasteiger partial charge is 0.348 e. The Kier molecular flexibility index (Phi) is 8.75. The van der Waals surface area contributed by atoms with Gasteiger partial charge >= 0.3 is 6.18 Å². The van der Waals surface area contributed by atoms with Crippen molar-refractivity contribution in [2.45, 2.75) is 33.0 Å². The van der Waals surface area contributed by atoms with Gasteiger partial charge in [-0.1, -0.05) is 48.9 Å². The summed E-state index contributed by atoms with van der Waals surface area (Å²) in [5, 5.41) is 6.22. The molecule has 190 valence electrons. The van der Waals surface area contributed by atoms with Crippen LogP contribution in [0, 0.1) is 12.8 Å². The van der Waals surface area contributed by atoms with Crippen LogP contribution < -0.4 is 21.5 Å². The lowest BCUT2D eigenvalue weighted by molar-refractivity contribution is -0.137. The van der Waals surface area contributed by atoms with E-state index in [9.17, 15) is 22.8 Å². The molecule has 3 rings (SSSR count). The summed E-state index contributed by atoms with van der Waals surface area (Å²) < 4.78 is 38.8. The van der Waals surface area contributed by atoms with Gasteiger partial charge in [0.2, 0.25) is 0 Å². The molecule has 6 nitrogen and oxygen atoms in total. The molecule has 0 saturated carbocycles. The summed E-state index contributed by atoms with van der Waals surface area (Å²) in [6, 6.07) is 9.13. The molecule has 0 saturated heterocycles. The van der Waals surface area contributed by atoms with Gasteiger partial charge in [-0.05, 0) is 66.9 Å². The van der Waals surface area contributed by atoms with Crippen molar-refractivity contribution in [1.29, 1.82) is 0 Å². The molecule has 1 atom stereocenters. The molecule has 0 aliphatic heterocycles. The highest BCUT2D eigenvalue weighted by Gasteiger charge is 2.30. The summed E-state index contributed by atoms with van der Waals surface area (Å²) in [7, 11) is 0. The number of carbonyl (C=O) groups is 2. The number of rotatable bonds is 5. The van der Waals surface area contributed by atoms with Crippen LogP contribution in [0.2, 0.25) is 0 Å². The van der Waals surface area contributed by atoms with Gasteiger partial charge < -0.3 is 10.6 Å². The van der Waals surface area contributed by atoms with Crippen LogP contribution >= 0.6 is 23.8 Å². The molecule has 2 aromatic carbocycles. The lowest BCUT2D eigenvalue weighted by atomic mass is 10.0. The van der Waals surface area contributed by atoms with Crippen molar-refractivity contribution in [1.82, 2.24) is 21.5 Å². The van der Waals surface area contributed by atoms with Crippen LogP contribution in [0.5, 0.6) is 0 Å². The molecule has 11 heteroatoms. The summed E-state index contributed by atoms with van der Waals surface area (Å²) in [4.78, 5) is 25.1. The number of halogens is 4. The quantitative estimate of drug-likeness (QED) is 0.316. The van der Waals surface area contributed by atoms with E-state index in [-0.39, 0.29) is 17.2 Å². The molecule has 0 radical (unpaired) electrons. The van der Waals surface area contributed by atoms with Gasteiger partial charge in [0, 0.05) is 17.7 Å². The van der Waals surface area contributed by atoms with Gasteiger partial charge in [0.05, 0.1) is 16.3 Å². The molecular weight excluding hydrogens is 513 g/mol. The van der Waals surface area contributed by atoms with Crippen molar-refractivity contribution in [2.75, 3.05) is 0 Å². The second kappa shape index (κ2) is 11.6. The van der Waals surface area contributed by atoms with Crippen LogP contribution in [0.25, 0.3) is 0 Å². The number of carbonyl (C=O) groups excluding carboxylic acids is 2. The molecule has 4 N–H and O–H groups in total. The largest absolute Gasteiger partial charge is 0.416 e. The Bertz CT molecular complexity index is 1240. The summed E-state index contributed by atoms with van der Waals surface area (Å²) in [6.07, 6.45) is 0.0922. The molecule has 2 aromatic rings. The van der Waals surface area contributed by atoms with Gasteiger partial charge in [-0.2, -0.15) is 13.2 Å². The minimum atomic E-state index is -4.55. The Morgan fingerprint density at radius 2 is 1.83 bits per heavy atom. The molecule has 1 aliphatic rings. The molecule has 1 aliphatic carbocycles. The number of hydrogen-bond donors (Lipinski definition) is 4. The minimum Gasteiger partial charge on any atom is -0.348 e. The highest BCUT2D eigenvalue weighted by atomic mass is 35.5. The molecule has 0 heterocycles. The van der Waals surface area contributed by atoms with Crippen LogP contribution in [0.1, 0.15) is 50.8 Å². The lowest BCUT2D eigenvalue weighted by Gasteiger charge is -2.18. The van der Waals surface area contributed by atoms with Crippen LogP contribution in [0.4, 0.5) is 13.2 Å². The maximum atomic E-state index is 12.9. The molecule has 0 bridgehead atoms. The van der Waals surface area contributed by atoms with E-state index in [0.29, 0.717) is 33.3 Å². The number of allylic oxidation sites excluding steroid dienone is 3. The van der Waals surface area contributed by atoms with E-state index in [1.54, 1.807) is 25.1 Å². The third kappa shape index (κ3) is 7.08. The number of thiocarbonyl (C=S) groups is 1. The van der Waals surface area contributed by atoms with Crippen molar-refractivity contribution in [3.63, 3.8) is 0 Å². The number of amides is 2. The standard InChI is InChI=1S/C25H24ClF3N4O2S/c1-14-9-10-21(20(26)11-14)31-24(36)33-32-23(35)19-8-4-6-17(15(19)2)13-30-22(34)16-5-3-7-18(12-16)25(27,28)29/h3-8,10-12,14H,9,13H2,1-2H3,(H,30,34)(H,32,35)(H2,31,33,36). The van der Waals surface area contributed by atoms with E-state index in [1.165, 1.54) is 12.1 Å². The first-order chi connectivity index (χ1) is 17.0. The normalized spacial score (nSPS) is 15.3. The number of hydrazine groups is 1. The third-order valence-corrected chi connectivity index (χ3v) is 6.04. The van der Waals surface area contributed by atoms with E-state index in [2.05, 4.69) is 21.5 Å². The number of benzene rings is 2. The second-order valence-electron chi connectivity index (χ2n) is 8.23. The minimum absolute atomic E-state index is 0.0207. The van der Waals surface area contributed by atoms with E-state index in [1.807, 2.05) is 19.1 Å². The van der Waals surface area contributed by atoms with Gasteiger partial charge in [-0.15, -0.1) is 0 Å². The van der Waals surface area contributed by atoms with Crippen LogP contribution in [-0.2, 0) is 12.7 Å². The topological polar surface area (TPSA) is 82.3 Å². The fourth-order valence-electron chi connectivity index (χ4n) is 3.49. The van der Waals surface area contributed by atoms with Crippen LogP contribution in [0.3, 0.4) is 0 Å². The van der Waals surface area contributed by atoms with Gasteiger partial charge in [0.1, 0.15) is 0 Å². The maximum Gasteiger partial charge on any atom is 0.416 e. The second-order valence-corrected chi connectivity index (χ2v) is 9.05. The van der Waals surface area contributed by atoms with Crippen molar-refractivity contribution < 1.29 is 22.8 Å². The average molecular weight is 537 g/mol. The highest BCUT2D eigenvalue weighted by Crippen LogP contribution is 2.29. The van der Waals surface area contributed by atoms with E-state index in [4.69, 9.17) is 23.8 Å². The van der Waals surface area contributed by atoms with Crippen LogP contribution in [0.15, 0.2) is 65.3 Å². The first kappa shape index (κ1) is 27.2. The maximum absolute atomic E-state index is 12.9. The van der Waals surface area contributed by atoms with E-state index in [0.717, 1.165) is 18.6 Å². The molecule has 2 amide bonds. The highest BCUT2D eigenvalue weighted by molar-refractivity contribution is 7.80. The fourth-order valence-corrected chi connectivity index (χ4v) is 3.99. The molecule has 0 fully saturated rings. The summed E-state index contributed by atoms with van der Waals surface area (Å²) in [5.41, 5.74) is 6.33. The Hall–Kier alpha value is -3.37. The Labute approximate surface area is 216 Å². The SMILES string of the molecule is Cc1c(CNC(=O)c2cccc(C(F)(F)F)c2)cccc1C(=O)NNC(=S)NC1=CCC(C)C=C1Cl. The van der Waals surface area contributed by atoms with Crippen LogP contribution in [-0.4, -0.2) is 16.9 Å². The fraction of sp³-hybridized carbons (Fsp3) is 0.240. The first-order valence-corrected chi connectivity index (χ1v) is 11.7. The Morgan fingerprint density at radius 3 is 2.53 bits per heavy atom. The van der Waals surface area contributed by atoms with E-state index < -0.39 is 23.6 Å². The number of alkyl halides is 3. The lowest BCUT2D eigenvalue weighted by Crippen LogP contribution is -2.46. The Morgan fingerprint density at radius 1 is 1.11 bits per heavy atom. The molecule has 0 aromatic heterocycles. The molecule has 36 heavy (non-hydrogen) atoms. The number of nitrogens with one attached hydrogen (secondary N) is 4. The Balaban J connectivity index is 1.59. The third-order valence-electron chi connectivity index (χ3n) is 5.50. The summed E-state index contributed by atoms with van der Waals surface area (Å²) in [5.74, 6) is -0.794. The molecule has 1 unspecified atom stereocenters. The summed E-state index contributed by atoms with van der Waals surface area (Å²) in [6.45, 7) is 3.77. The molecule has 0 spiro atoms. The predicted octanol–water partition coefficient (Wildman–Crippen LogP) is 5.10. The monoisotopic (exact) mass is 536 g/mol. The summed E-state index contributed by atoms with van der Waals surface area (Å²) >= 11 is 11.4. The van der Waals surface area contributed by atoms with Crippen molar-refractivity contribution in [3.8, 4) is 0 Å². The first-order valence-electron chi connectivity index (χ1n) is 10.9. The zero-order valence-corrected chi connectivity index (χ0v) is 21.0. The predicted molar refractivity (Wildman–Crippen MR) is 136 cm³/mol. The zero-order valence-electron chi connectivity index (χ0n) is 19.4. The zero-order chi connectivity index (χ0) is 26.5. The average Bonchev–Trinajstić information content (AvgIpc) is 2.83.